The minimum absolute atomic E-state index is 0.190. The van der Waals surface area contributed by atoms with Gasteiger partial charge < -0.3 is 9.73 Å². The molecule has 3 rings (SSSR count). The van der Waals surface area contributed by atoms with E-state index < -0.39 is 0 Å². The van der Waals surface area contributed by atoms with Gasteiger partial charge in [-0.15, -0.1) is 0 Å². The Morgan fingerprint density at radius 2 is 1.95 bits per heavy atom. The van der Waals surface area contributed by atoms with Gasteiger partial charge in [0.25, 0.3) is 0 Å². The van der Waals surface area contributed by atoms with Crippen LogP contribution in [0.3, 0.4) is 0 Å². The van der Waals surface area contributed by atoms with Gasteiger partial charge in [0.1, 0.15) is 11.3 Å². The third-order valence-electron chi connectivity index (χ3n) is 3.43. The van der Waals surface area contributed by atoms with Crippen molar-refractivity contribution >= 4 is 11.0 Å². The highest BCUT2D eigenvalue weighted by atomic mass is 16.3. The second kappa shape index (κ2) is 5.88. The van der Waals surface area contributed by atoms with E-state index in [-0.39, 0.29) is 6.04 Å². The molecule has 1 atom stereocenters. The van der Waals surface area contributed by atoms with E-state index in [9.17, 15) is 0 Å². The highest BCUT2D eigenvalue weighted by Gasteiger charge is 2.15. The first-order valence-corrected chi connectivity index (χ1v) is 6.97. The van der Waals surface area contributed by atoms with Gasteiger partial charge in [-0.3, -0.25) is 4.98 Å². The van der Waals surface area contributed by atoms with Crippen LogP contribution in [0.4, 0.5) is 0 Å². The molecule has 20 heavy (non-hydrogen) atoms. The number of aromatic nitrogens is 1. The number of para-hydroxylation sites is 1. The van der Waals surface area contributed by atoms with E-state index in [1.165, 1.54) is 5.56 Å². The van der Waals surface area contributed by atoms with Crippen molar-refractivity contribution in [1.82, 2.24) is 10.3 Å². The van der Waals surface area contributed by atoms with Crippen LogP contribution in [0.25, 0.3) is 11.0 Å². The molecule has 0 aliphatic rings. The Morgan fingerprint density at radius 3 is 2.70 bits per heavy atom. The van der Waals surface area contributed by atoms with Gasteiger partial charge in [-0.2, -0.15) is 0 Å². The van der Waals surface area contributed by atoms with Gasteiger partial charge in [0.05, 0.1) is 6.04 Å². The molecule has 0 fully saturated rings. The zero-order valence-electron chi connectivity index (χ0n) is 11.5. The molecule has 0 bridgehead atoms. The van der Waals surface area contributed by atoms with Crippen LogP contribution < -0.4 is 5.32 Å². The summed E-state index contributed by atoms with van der Waals surface area (Å²) < 4.78 is 5.98. The lowest BCUT2D eigenvalue weighted by atomic mass is 10.0. The molecule has 0 radical (unpaired) electrons. The maximum Gasteiger partial charge on any atom is 0.134 e. The van der Waals surface area contributed by atoms with Gasteiger partial charge >= 0.3 is 0 Å². The molecule has 1 unspecified atom stereocenters. The van der Waals surface area contributed by atoms with Crippen LogP contribution in [-0.4, -0.2) is 11.5 Å². The summed E-state index contributed by atoms with van der Waals surface area (Å²) in [5.74, 6) is 0.991. The van der Waals surface area contributed by atoms with E-state index >= 15 is 0 Å². The van der Waals surface area contributed by atoms with Crippen molar-refractivity contribution in [3.8, 4) is 0 Å². The minimum atomic E-state index is 0.190. The fourth-order valence-electron chi connectivity index (χ4n) is 2.45. The molecule has 0 aliphatic heterocycles. The Balaban J connectivity index is 1.89. The van der Waals surface area contributed by atoms with Crippen molar-refractivity contribution in [3.63, 3.8) is 0 Å². The number of nitrogens with one attached hydrogen (secondary N) is 1. The fraction of sp³-hybridized carbons (Fsp3) is 0.235. The average molecular weight is 266 g/mol. The van der Waals surface area contributed by atoms with Gasteiger partial charge in [0, 0.05) is 17.8 Å². The van der Waals surface area contributed by atoms with E-state index in [4.69, 9.17) is 4.42 Å². The molecular weight excluding hydrogens is 248 g/mol. The summed E-state index contributed by atoms with van der Waals surface area (Å²) in [6.07, 6.45) is 4.56. The topological polar surface area (TPSA) is 38.1 Å². The smallest absolute Gasteiger partial charge is 0.134 e. The maximum absolute atomic E-state index is 5.98. The standard InChI is InChI=1S/C17H18N2O/c1-2-19-15(11-13-7-9-18-10-8-13)17-12-14-5-3-4-6-16(14)20-17/h3-10,12,15,19H,2,11H2,1H3. The predicted octanol–water partition coefficient (Wildman–Crippen LogP) is 3.72. The molecule has 3 heteroatoms. The van der Waals surface area contributed by atoms with E-state index in [0.717, 1.165) is 29.7 Å². The van der Waals surface area contributed by atoms with Crippen molar-refractivity contribution in [1.29, 1.82) is 0 Å². The van der Waals surface area contributed by atoms with E-state index in [1.807, 2.05) is 42.7 Å². The Bertz CT molecular complexity index is 643. The monoisotopic (exact) mass is 266 g/mol. The third-order valence-corrected chi connectivity index (χ3v) is 3.43. The van der Waals surface area contributed by atoms with Gasteiger partial charge in [0.15, 0.2) is 0 Å². The van der Waals surface area contributed by atoms with Gasteiger partial charge in [0.2, 0.25) is 0 Å². The summed E-state index contributed by atoms with van der Waals surface area (Å²) in [5.41, 5.74) is 2.20. The van der Waals surface area contributed by atoms with Crippen LogP contribution in [0.2, 0.25) is 0 Å². The first-order chi connectivity index (χ1) is 9.86. The van der Waals surface area contributed by atoms with Crippen molar-refractivity contribution in [2.24, 2.45) is 0 Å². The first-order valence-electron chi connectivity index (χ1n) is 6.97. The number of rotatable bonds is 5. The average Bonchev–Trinajstić information content (AvgIpc) is 2.92. The Labute approximate surface area is 118 Å². The lowest BCUT2D eigenvalue weighted by Gasteiger charge is -2.15. The highest BCUT2D eigenvalue weighted by Crippen LogP contribution is 2.26. The quantitative estimate of drug-likeness (QED) is 0.764. The van der Waals surface area contributed by atoms with Crippen LogP contribution in [0, 0.1) is 0 Å². The molecule has 0 saturated carbocycles. The van der Waals surface area contributed by atoms with Crippen LogP contribution in [0.5, 0.6) is 0 Å². The lowest BCUT2D eigenvalue weighted by molar-refractivity contribution is 0.435. The molecule has 3 nitrogen and oxygen atoms in total. The highest BCUT2D eigenvalue weighted by molar-refractivity contribution is 5.77. The number of fused-ring (bicyclic) bond motifs is 1. The minimum Gasteiger partial charge on any atom is -0.459 e. The van der Waals surface area contributed by atoms with E-state index in [2.05, 4.69) is 29.4 Å². The van der Waals surface area contributed by atoms with E-state index in [0.29, 0.717) is 0 Å². The predicted molar refractivity (Wildman–Crippen MR) is 80.6 cm³/mol. The lowest BCUT2D eigenvalue weighted by Crippen LogP contribution is -2.22. The van der Waals surface area contributed by atoms with E-state index in [1.54, 1.807) is 0 Å². The van der Waals surface area contributed by atoms with Crippen molar-refractivity contribution in [2.75, 3.05) is 6.54 Å². The molecule has 3 aromatic rings. The molecule has 2 aromatic heterocycles. The molecule has 1 aromatic carbocycles. The number of furan rings is 1. The molecule has 0 spiro atoms. The van der Waals surface area contributed by atoms with Crippen molar-refractivity contribution in [2.45, 2.75) is 19.4 Å². The van der Waals surface area contributed by atoms with Crippen molar-refractivity contribution in [3.05, 3.63) is 66.2 Å². The summed E-state index contributed by atoms with van der Waals surface area (Å²) in [6, 6.07) is 14.5. The Kier molecular flexibility index (Phi) is 3.79. The summed E-state index contributed by atoms with van der Waals surface area (Å²) in [7, 11) is 0. The third kappa shape index (κ3) is 2.73. The van der Waals surface area contributed by atoms with Crippen LogP contribution in [0.1, 0.15) is 24.3 Å². The maximum atomic E-state index is 5.98. The zero-order valence-corrected chi connectivity index (χ0v) is 11.5. The summed E-state index contributed by atoms with van der Waals surface area (Å²) in [6.45, 7) is 3.02. The number of benzene rings is 1. The summed E-state index contributed by atoms with van der Waals surface area (Å²) in [5, 5.41) is 4.65. The molecule has 1 N–H and O–H groups in total. The molecule has 102 valence electrons. The second-order valence-corrected chi connectivity index (χ2v) is 4.86. The molecular formula is C17H18N2O. The number of likely N-dealkylation sites (N-methyl/N-ethyl adjacent to an activating group) is 1. The molecule has 2 heterocycles. The normalized spacial score (nSPS) is 12.7. The number of hydrogen-bond acceptors (Lipinski definition) is 3. The Morgan fingerprint density at radius 1 is 1.15 bits per heavy atom. The fourth-order valence-corrected chi connectivity index (χ4v) is 2.45. The SMILES string of the molecule is CCNC(Cc1ccncc1)c1cc2ccccc2o1. The number of pyridine rings is 1. The van der Waals surface area contributed by atoms with Gasteiger partial charge in [-0.25, -0.2) is 0 Å². The van der Waals surface area contributed by atoms with Crippen LogP contribution >= 0.6 is 0 Å². The summed E-state index contributed by atoms with van der Waals surface area (Å²) in [4.78, 5) is 4.06. The molecule has 0 amide bonds. The number of hydrogen-bond donors (Lipinski definition) is 1. The van der Waals surface area contributed by atoms with Gasteiger partial charge in [-0.1, -0.05) is 25.1 Å². The first kappa shape index (κ1) is 12.9. The second-order valence-electron chi connectivity index (χ2n) is 4.86. The number of nitrogens with zero attached hydrogens (tertiary/aromatic N) is 1. The molecule has 0 saturated heterocycles. The summed E-state index contributed by atoms with van der Waals surface area (Å²) >= 11 is 0. The van der Waals surface area contributed by atoms with Crippen molar-refractivity contribution < 1.29 is 4.42 Å². The zero-order chi connectivity index (χ0) is 13.8. The molecule has 0 aliphatic carbocycles. The van der Waals surface area contributed by atoms with Crippen LogP contribution in [-0.2, 0) is 6.42 Å². The van der Waals surface area contributed by atoms with Crippen LogP contribution in [0.15, 0.2) is 59.3 Å². The van der Waals surface area contributed by atoms with Gasteiger partial charge in [-0.05, 0) is 42.8 Å². The Hall–Kier alpha value is -2.13. The largest absolute Gasteiger partial charge is 0.459 e.